The maximum absolute atomic E-state index is 8.82. The molecule has 0 aromatic carbocycles. The molecule has 4 nitrogen and oxygen atoms in total. The third-order valence-electron chi connectivity index (χ3n) is 1.09. The zero-order chi connectivity index (χ0) is 8.97. The van der Waals surface area contributed by atoms with Crippen molar-refractivity contribution in [3.8, 4) is 11.8 Å². The van der Waals surface area contributed by atoms with Gasteiger partial charge in [0.15, 0.2) is 0 Å². The molecule has 0 unspecified atom stereocenters. The molecule has 1 aromatic rings. The molecule has 0 aliphatic heterocycles. The molecule has 3 N–H and O–H groups in total. The van der Waals surface area contributed by atoms with Gasteiger partial charge in [-0.15, -0.1) is 10.2 Å². The van der Waals surface area contributed by atoms with Crippen LogP contribution in [-0.2, 0) is 0 Å². The molecule has 0 radical (unpaired) electrons. The van der Waals surface area contributed by atoms with Gasteiger partial charge in [0.2, 0.25) is 0 Å². The fourth-order valence-electron chi connectivity index (χ4n) is 0.588. The lowest BCUT2D eigenvalue weighted by Gasteiger charge is -1.90. The highest BCUT2D eigenvalue weighted by atomic mass is 16.3. The Kier molecular flexibility index (Phi) is 2.62. The topological polar surface area (TPSA) is 72.0 Å². The third kappa shape index (κ3) is 2.56. The van der Waals surface area contributed by atoms with Gasteiger partial charge in [-0.1, -0.05) is 5.92 Å². The molecule has 4 heteroatoms. The smallest absolute Gasteiger partial charge is 0.146 e. The lowest BCUT2D eigenvalue weighted by molar-refractivity contribution is 0.253. The Bertz CT molecular complexity index is 307. The number of hydrogen-bond acceptors (Lipinski definition) is 4. The van der Waals surface area contributed by atoms with E-state index in [1.165, 1.54) is 0 Å². The minimum Gasteiger partial charge on any atom is -0.382 e. The van der Waals surface area contributed by atoms with Gasteiger partial charge in [0, 0.05) is 0 Å². The highest BCUT2D eigenvalue weighted by molar-refractivity contribution is 5.33. The number of hydrogen-bond donors (Lipinski definition) is 2. The Morgan fingerprint density at radius 3 is 2.75 bits per heavy atom. The quantitative estimate of drug-likeness (QED) is 0.519. The second-order valence-corrected chi connectivity index (χ2v) is 2.29. The molecular formula is C8H9N3O. The van der Waals surface area contributed by atoms with Crippen LogP contribution in [0.4, 0.5) is 5.82 Å². The molecule has 0 spiro atoms. The Labute approximate surface area is 70.4 Å². The summed E-state index contributed by atoms with van der Waals surface area (Å²) in [4.78, 5) is 0. The summed E-state index contributed by atoms with van der Waals surface area (Å²) in [7, 11) is 0. The Balaban J connectivity index is 2.79. The first-order chi connectivity index (χ1) is 5.68. The predicted octanol–water partition coefficient (Wildman–Crippen LogP) is -0.209. The van der Waals surface area contributed by atoms with E-state index >= 15 is 0 Å². The summed E-state index contributed by atoms with van der Waals surface area (Å²) < 4.78 is 0. The summed E-state index contributed by atoms with van der Waals surface area (Å²) in [5.41, 5.74) is 5.82. The van der Waals surface area contributed by atoms with Crippen molar-refractivity contribution in [2.45, 2.75) is 13.0 Å². The van der Waals surface area contributed by atoms with Crippen LogP contribution < -0.4 is 5.73 Å². The van der Waals surface area contributed by atoms with Crippen molar-refractivity contribution < 1.29 is 5.11 Å². The SMILES string of the molecule is C[C@@H](O)C#Cc1ccc(N)nn1. The number of nitrogens with two attached hydrogens (primary N) is 1. The van der Waals surface area contributed by atoms with E-state index in [1.54, 1.807) is 19.1 Å². The summed E-state index contributed by atoms with van der Waals surface area (Å²) in [6, 6.07) is 3.26. The van der Waals surface area contributed by atoms with Crippen molar-refractivity contribution in [1.29, 1.82) is 0 Å². The minimum absolute atomic E-state index is 0.359. The fourth-order valence-corrected chi connectivity index (χ4v) is 0.588. The fraction of sp³-hybridized carbons (Fsp3) is 0.250. The number of anilines is 1. The summed E-state index contributed by atoms with van der Waals surface area (Å²) in [5.74, 6) is 5.54. The van der Waals surface area contributed by atoms with Crippen LogP contribution in [0, 0.1) is 11.8 Å². The molecule has 1 heterocycles. The van der Waals surface area contributed by atoms with Crippen LogP contribution in [0.5, 0.6) is 0 Å². The van der Waals surface area contributed by atoms with Gasteiger partial charge in [0.05, 0.1) is 0 Å². The first-order valence-electron chi connectivity index (χ1n) is 3.47. The van der Waals surface area contributed by atoms with E-state index in [-0.39, 0.29) is 0 Å². The number of rotatable bonds is 0. The van der Waals surface area contributed by atoms with Crippen LogP contribution in [0.25, 0.3) is 0 Å². The number of aliphatic hydroxyl groups is 1. The molecule has 0 saturated carbocycles. The van der Waals surface area contributed by atoms with Gasteiger partial charge in [-0.05, 0) is 25.0 Å². The van der Waals surface area contributed by atoms with E-state index in [9.17, 15) is 0 Å². The van der Waals surface area contributed by atoms with Crippen molar-refractivity contribution >= 4 is 5.82 Å². The van der Waals surface area contributed by atoms with Gasteiger partial charge < -0.3 is 10.8 Å². The van der Waals surface area contributed by atoms with Crippen molar-refractivity contribution in [2.75, 3.05) is 5.73 Å². The monoisotopic (exact) mass is 163 g/mol. The average molecular weight is 163 g/mol. The molecular weight excluding hydrogens is 154 g/mol. The van der Waals surface area contributed by atoms with Gasteiger partial charge >= 0.3 is 0 Å². The first-order valence-corrected chi connectivity index (χ1v) is 3.47. The number of aromatic nitrogens is 2. The van der Waals surface area contributed by atoms with E-state index < -0.39 is 6.10 Å². The van der Waals surface area contributed by atoms with E-state index in [2.05, 4.69) is 22.0 Å². The van der Waals surface area contributed by atoms with Gasteiger partial charge in [-0.3, -0.25) is 0 Å². The van der Waals surface area contributed by atoms with Gasteiger partial charge in [-0.2, -0.15) is 0 Å². The highest BCUT2D eigenvalue weighted by Crippen LogP contribution is 1.94. The molecule has 0 aliphatic carbocycles. The molecule has 0 saturated heterocycles. The molecule has 1 atom stereocenters. The zero-order valence-electron chi connectivity index (χ0n) is 6.65. The molecule has 1 aromatic heterocycles. The van der Waals surface area contributed by atoms with Gasteiger partial charge in [-0.25, -0.2) is 0 Å². The molecule has 12 heavy (non-hydrogen) atoms. The van der Waals surface area contributed by atoms with E-state index in [1.807, 2.05) is 0 Å². The maximum Gasteiger partial charge on any atom is 0.146 e. The van der Waals surface area contributed by atoms with Crippen LogP contribution in [0.15, 0.2) is 12.1 Å². The molecule has 62 valence electrons. The molecule has 0 bridgehead atoms. The average Bonchev–Trinajstić information content (AvgIpc) is 2.03. The van der Waals surface area contributed by atoms with Crippen molar-refractivity contribution in [3.05, 3.63) is 17.8 Å². The second-order valence-electron chi connectivity index (χ2n) is 2.29. The number of nitrogens with zero attached hydrogens (tertiary/aromatic N) is 2. The van der Waals surface area contributed by atoms with E-state index in [0.717, 1.165) is 0 Å². The van der Waals surface area contributed by atoms with Crippen LogP contribution in [0.1, 0.15) is 12.6 Å². The summed E-state index contributed by atoms with van der Waals surface area (Å²) >= 11 is 0. The summed E-state index contributed by atoms with van der Waals surface area (Å²) in [6.45, 7) is 1.58. The predicted molar refractivity (Wildman–Crippen MR) is 45.0 cm³/mol. The largest absolute Gasteiger partial charge is 0.382 e. The lowest BCUT2D eigenvalue weighted by Crippen LogP contribution is -1.96. The molecule has 0 aliphatic rings. The highest BCUT2D eigenvalue weighted by Gasteiger charge is 1.89. The van der Waals surface area contributed by atoms with Gasteiger partial charge in [0.1, 0.15) is 17.6 Å². The van der Waals surface area contributed by atoms with Crippen LogP contribution in [-0.4, -0.2) is 21.4 Å². The van der Waals surface area contributed by atoms with Gasteiger partial charge in [0.25, 0.3) is 0 Å². The van der Waals surface area contributed by atoms with Crippen LogP contribution in [0.2, 0.25) is 0 Å². The first kappa shape index (κ1) is 8.50. The molecule has 0 amide bonds. The summed E-state index contributed by atoms with van der Waals surface area (Å²) in [6.07, 6.45) is -0.649. The standard InChI is InChI=1S/C8H9N3O/c1-6(12)2-3-7-4-5-8(9)11-10-7/h4-6,12H,1H3,(H2,9,11)/t6-/m1/s1. The third-order valence-corrected chi connectivity index (χ3v) is 1.09. The van der Waals surface area contributed by atoms with E-state index in [4.69, 9.17) is 10.8 Å². The maximum atomic E-state index is 8.82. The number of nitrogen functional groups attached to an aromatic ring is 1. The van der Waals surface area contributed by atoms with Crippen LogP contribution >= 0.6 is 0 Å². The number of aliphatic hydroxyl groups excluding tert-OH is 1. The van der Waals surface area contributed by atoms with Crippen LogP contribution in [0.3, 0.4) is 0 Å². The zero-order valence-corrected chi connectivity index (χ0v) is 6.65. The van der Waals surface area contributed by atoms with Crippen molar-refractivity contribution in [3.63, 3.8) is 0 Å². The van der Waals surface area contributed by atoms with Crippen molar-refractivity contribution in [2.24, 2.45) is 0 Å². The Morgan fingerprint density at radius 2 is 2.25 bits per heavy atom. The summed E-state index contributed by atoms with van der Waals surface area (Å²) in [5, 5.41) is 16.1. The minimum atomic E-state index is -0.649. The lowest BCUT2D eigenvalue weighted by atomic mass is 10.3. The normalized spacial score (nSPS) is 11.5. The van der Waals surface area contributed by atoms with E-state index in [0.29, 0.717) is 11.5 Å². The molecule has 1 rings (SSSR count). The molecule has 0 fully saturated rings. The van der Waals surface area contributed by atoms with Crippen molar-refractivity contribution in [1.82, 2.24) is 10.2 Å². The second kappa shape index (κ2) is 3.69. The Hall–Kier alpha value is -1.60. The Morgan fingerprint density at radius 1 is 1.50 bits per heavy atom.